The molecule has 0 radical (unpaired) electrons. The number of aliphatic hydroxyl groups excluding tert-OH is 1. The van der Waals surface area contributed by atoms with Crippen molar-refractivity contribution in [3.05, 3.63) is 48.3 Å². The van der Waals surface area contributed by atoms with E-state index < -0.39 is 10.0 Å². The third kappa shape index (κ3) is 7.32. The molecule has 1 aliphatic rings. The molecule has 0 bridgehead atoms. The molecule has 2 N–H and O–H groups in total. The van der Waals surface area contributed by atoms with Crippen molar-refractivity contribution in [1.82, 2.24) is 14.9 Å². The molecule has 0 fully saturated rings. The first-order valence-electron chi connectivity index (χ1n) is 11.5. The van der Waals surface area contributed by atoms with Gasteiger partial charge in [0, 0.05) is 50.1 Å². The van der Waals surface area contributed by atoms with Crippen molar-refractivity contribution in [2.45, 2.75) is 10.3 Å². The number of fused-ring (bicyclic) bond motifs is 1. The molecule has 38 heavy (non-hydrogen) atoms. The number of rotatable bonds is 12. The highest BCUT2D eigenvalue weighted by molar-refractivity contribution is 8.15. The summed E-state index contributed by atoms with van der Waals surface area (Å²) < 4.78 is 38.8. The Kier molecular flexibility index (Phi) is 12.2. The quantitative estimate of drug-likeness (QED) is 0.302. The summed E-state index contributed by atoms with van der Waals surface area (Å²) in [6.45, 7) is 2.97. The monoisotopic (exact) mass is 605 g/mol. The zero-order valence-corrected chi connectivity index (χ0v) is 24.6. The molecular weight excluding hydrogens is 573 g/mol. The van der Waals surface area contributed by atoms with Crippen molar-refractivity contribution in [3.8, 4) is 5.75 Å². The van der Waals surface area contributed by atoms with Crippen molar-refractivity contribution in [2.75, 3.05) is 65.0 Å². The average Bonchev–Trinajstić information content (AvgIpc) is 3.51. The number of hydrogen-bond acceptors (Lipinski definition) is 9. The summed E-state index contributed by atoms with van der Waals surface area (Å²) in [7, 11) is 1.18. The number of methoxy groups -OCH3 is 1. The summed E-state index contributed by atoms with van der Waals surface area (Å²) in [6, 6.07) is 10.3. The molecule has 10 nitrogen and oxygen atoms in total. The number of aromatic nitrogens is 2. The third-order valence-electron chi connectivity index (χ3n) is 5.78. The summed E-state index contributed by atoms with van der Waals surface area (Å²) in [4.78, 5) is 14.2. The van der Waals surface area contributed by atoms with Gasteiger partial charge in [0.1, 0.15) is 17.4 Å². The van der Waals surface area contributed by atoms with Gasteiger partial charge in [0.25, 0.3) is 10.0 Å². The lowest BCUT2D eigenvalue weighted by atomic mass is 10.2. The van der Waals surface area contributed by atoms with Gasteiger partial charge in [-0.05, 0) is 31.3 Å². The Balaban J connectivity index is 0.00000253. The molecular formula is C24H33Cl2N5O5S2. The number of ether oxygens (including phenoxy) is 2. The van der Waals surface area contributed by atoms with Gasteiger partial charge in [-0.2, -0.15) is 8.42 Å². The Bertz CT molecular complexity index is 1320. The molecule has 0 amide bonds. The fourth-order valence-electron chi connectivity index (χ4n) is 3.93. The van der Waals surface area contributed by atoms with Crippen LogP contribution >= 0.6 is 36.6 Å². The van der Waals surface area contributed by atoms with Gasteiger partial charge in [-0.15, -0.1) is 24.8 Å². The maximum absolute atomic E-state index is 13.3. The van der Waals surface area contributed by atoms with Crippen LogP contribution in [-0.2, 0) is 14.8 Å². The number of halogens is 2. The molecule has 0 spiro atoms. The first-order valence-corrected chi connectivity index (χ1v) is 13.8. The molecule has 1 unspecified atom stereocenters. The van der Waals surface area contributed by atoms with Gasteiger partial charge in [-0.25, -0.2) is 4.98 Å². The van der Waals surface area contributed by atoms with Crippen LogP contribution in [0.4, 0.5) is 5.69 Å². The van der Waals surface area contributed by atoms with E-state index in [0.29, 0.717) is 43.3 Å². The molecule has 210 valence electrons. The van der Waals surface area contributed by atoms with Gasteiger partial charge >= 0.3 is 0 Å². The maximum atomic E-state index is 13.3. The predicted octanol–water partition coefficient (Wildman–Crippen LogP) is 3.04. The van der Waals surface area contributed by atoms with Gasteiger partial charge in [0.2, 0.25) is 0 Å². The van der Waals surface area contributed by atoms with Gasteiger partial charge in [0.05, 0.1) is 36.7 Å². The fourth-order valence-corrected chi connectivity index (χ4v) is 6.24. The summed E-state index contributed by atoms with van der Waals surface area (Å²) >= 11 is 1.68. The summed E-state index contributed by atoms with van der Waals surface area (Å²) in [5.41, 5.74) is 1.93. The summed E-state index contributed by atoms with van der Waals surface area (Å²) in [6.07, 6.45) is 1.46. The zero-order valence-electron chi connectivity index (χ0n) is 21.4. The number of nitrogens with zero attached hydrogens (tertiary/aromatic N) is 4. The highest BCUT2D eigenvalue weighted by Gasteiger charge is 2.27. The third-order valence-corrected chi connectivity index (χ3v) is 8.67. The normalized spacial score (nSPS) is 15.2. The lowest BCUT2D eigenvalue weighted by Gasteiger charge is -2.20. The number of aliphatic hydroxyl groups is 1. The number of pyridine rings is 1. The molecule has 14 heteroatoms. The second-order valence-electron chi connectivity index (χ2n) is 8.44. The Hall–Kier alpha value is -2.06. The Labute approximate surface area is 239 Å². The molecule has 0 saturated heterocycles. The molecule has 0 saturated carbocycles. The Morgan fingerprint density at radius 1 is 1.18 bits per heavy atom. The lowest BCUT2D eigenvalue weighted by molar-refractivity contribution is 0.146. The van der Waals surface area contributed by atoms with E-state index in [9.17, 15) is 8.42 Å². The summed E-state index contributed by atoms with van der Waals surface area (Å²) in [5.74, 6) is 0.535. The van der Waals surface area contributed by atoms with Crippen molar-refractivity contribution >= 4 is 68.2 Å². The molecule has 3 heterocycles. The van der Waals surface area contributed by atoms with Gasteiger partial charge in [-0.1, -0.05) is 17.8 Å². The average molecular weight is 607 g/mol. The highest BCUT2D eigenvalue weighted by Crippen LogP contribution is 2.36. The Morgan fingerprint density at radius 2 is 1.97 bits per heavy atom. The number of H-pyrrole nitrogens is 1. The molecule has 3 aromatic rings. The van der Waals surface area contributed by atoms with E-state index in [4.69, 9.17) is 19.6 Å². The van der Waals surface area contributed by atoms with E-state index in [1.807, 2.05) is 19.2 Å². The van der Waals surface area contributed by atoms with Crippen molar-refractivity contribution < 1.29 is 23.0 Å². The number of anilines is 1. The second-order valence-corrected chi connectivity index (χ2v) is 11.6. The number of aromatic amines is 1. The van der Waals surface area contributed by atoms with Crippen molar-refractivity contribution in [2.24, 2.45) is 4.99 Å². The first kappa shape index (κ1) is 32.2. The topological polar surface area (TPSA) is 120 Å². The maximum Gasteiger partial charge on any atom is 0.281 e. The number of sulfonamides is 1. The van der Waals surface area contributed by atoms with Crippen LogP contribution in [0.3, 0.4) is 0 Å². The number of nitrogens with one attached hydrogen (secondary N) is 1. The minimum atomic E-state index is -3.90. The van der Waals surface area contributed by atoms with Crippen LogP contribution in [0, 0.1) is 0 Å². The minimum Gasteiger partial charge on any atom is -0.491 e. The molecule has 1 aliphatic heterocycles. The minimum absolute atomic E-state index is 0. The highest BCUT2D eigenvalue weighted by atomic mass is 35.5. The smallest absolute Gasteiger partial charge is 0.281 e. The second kappa shape index (κ2) is 14.4. The number of aliphatic imine (C=N–C) groups is 1. The van der Waals surface area contributed by atoms with E-state index in [2.05, 4.69) is 14.9 Å². The van der Waals surface area contributed by atoms with Crippen LogP contribution in [0.1, 0.15) is 5.69 Å². The number of benzene rings is 1. The van der Waals surface area contributed by atoms with E-state index in [1.165, 1.54) is 23.6 Å². The SMILES string of the molecule is COCCOc1cc(N(C)S(=O)(=O)c2ccccn2)c2[nH]c(C3=NCC(CN(C)CCO)S3)cc2c1.Cl.Cl. The largest absolute Gasteiger partial charge is 0.491 e. The standard InChI is InChI=1S/C24H31N5O5S2.2ClH/c1-28(8-9-30)16-19-15-26-24(35-19)20-13-17-12-18(34-11-10-33-3)14-21(23(17)27-20)29(2)36(31,32)22-6-4-5-7-25-22;;/h4-7,12-14,19,27,30H,8-11,15-16H2,1-3H3;2*1H. The molecule has 0 aliphatic carbocycles. The zero-order chi connectivity index (χ0) is 25.7. The van der Waals surface area contributed by atoms with E-state index in [0.717, 1.165) is 22.7 Å². The molecule has 2 aromatic heterocycles. The van der Waals surface area contributed by atoms with Crippen molar-refractivity contribution in [1.29, 1.82) is 0 Å². The van der Waals surface area contributed by atoms with Crippen LogP contribution < -0.4 is 9.04 Å². The first-order chi connectivity index (χ1) is 17.3. The van der Waals surface area contributed by atoms with Crippen LogP contribution in [0.15, 0.2) is 52.6 Å². The number of thioether (sulfide) groups is 1. The number of likely N-dealkylation sites (N-methyl/N-ethyl adjacent to an activating group) is 1. The van der Waals surface area contributed by atoms with Crippen LogP contribution in [0.2, 0.25) is 0 Å². The lowest BCUT2D eigenvalue weighted by Crippen LogP contribution is -2.30. The summed E-state index contributed by atoms with van der Waals surface area (Å²) in [5, 5.41) is 11.1. The van der Waals surface area contributed by atoms with E-state index in [1.54, 1.807) is 37.1 Å². The van der Waals surface area contributed by atoms with E-state index >= 15 is 0 Å². The van der Waals surface area contributed by atoms with Gasteiger partial charge in [-0.3, -0.25) is 9.30 Å². The molecule has 1 aromatic carbocycles. The fraction of sp³-hybridized carbons (Fsp3) is 0.417. The van der Waals surface area contributed by atoms with Gasteiger partial charge < -0.3 is 24.5 Å². The number of hydrogen-bond donors (Lipinski definition) is 2. The van der Waals surface area contributed by atoms with Crippen LogP contribution in [0.5, 0.6) is 5.75 Å². The van der Waals surface area contributed by atoms with E-state index in [-0.39, 0.29) is 41.7 Å². The van der Waals surface area contributed by atoms with Crippen LogP contribution in [0.25, 0.3) is 10.9 Å². The Morgan fingerprint density at radius 3 is 2.66 bits per heavy atom. The van der Waals surface area contributed by atoms with Gasteiger partial charge in [0.15, 0.2) is 5.03 Å². The molecule has 4 rings (SSSR count). The van der Waals surface area contributed by atoms with Crippen molar-refractivity contribution in [3.63, 3.8) is 0 Å². The predicted molar refractivity (Wildman–Crippen MR) is 157 cm³/mol. The van der Waals surface area contributed by atoms with Crippen LogP contribution in [-0.4, -0.2) is 99.3 Å². The molecule has 1 atom stereocenters.